The van der Waals surface area contributed by atoms with Crippen molar-refractivity contribution in [2.24, 2.45) is 5.73 Å². The highest BCUT2D eigenvalue weighted by Gasteiger charge is 2.15. The lowest BCUT2D eigenvalue weighted by Gasteiger charge is -2.10. The Morgan fingerprint density at radius 2 is 2.12 bits per heavy atom. The van der Waals surface area contributed by atoms with E-state index in [0.29, 0.717) is 11.4 Å². The van der Waals surface area contributed by atoms with Crippen LogP contribution in [0.3, 0.4) is 0 Å². The fraction of sp³-hybridized carbons (Fsp3) is 0.273. The van der Waals surface area contributed by atoms with E-state index < -0.39 is 5.91 Å². The van der Waals surface area contributed by atoms with Gasteiger partial charge in [-0.1, -0.05) is 6.07 Å². The molecule has 0 radical (unpaired) electrons. The minimum absolute atomic E-state index is 0.0841. The molecule has 2 amide bonds. The van der Waals surface area contributed by atoms with Gasteiger partial charge in [-0.25, -0.2) is 0 Å². The number of amides is 2. The molecule has 0 spiro atoms. The number of nitrogen functional groups attached to an aromatic ring is 1. The number of rotatable bonds is 5. The van der Waals surface area contributed by atoms with Gasteiger partial charge < -0.3 is 21.5 Å². The standard InChI is InChI=1S/C11H15N3O3/c1-17-8-4-2-3-7(12)10(8)11(16)14-6-5-9(13)15/h2-4H,5-6,12H2,1H3,(H2,13,15)(H,14,16). The van der Waals surface area contributed by atoms with Crippen molar-refractivity contribution in [3.05, 3.63) is 23.8 Å². The highest BCUT2D eigenvalue weighted by molar-refractivity contribution is 6.02. The molecule has 0 bridgehead atoms. The molecule has 0 saturated carbocycles. The Bertz CT molecular complexity index is 432. The van der Waals surface area contributed by atoms with Gasteiger partial charge in [0.25, 0.3) is 5.91 Å². The van der Waals surface area contributed by atoms with Crippen molar-refractivity contribution in [1.29, 1.82) is 0 Å². The van der Waals surface area contributed by atoms with Gasteiger partial charge in [0.1, 0.15) is 11.3 Å². The summed E-state index contributed by atoms with van der Waals surface area (Å²) in [5, 5.41) is 2.55. The normalized spacial score (nSPS) is 9.71. The summed E-state index contributed by atoms with van der Waals surface area (Å²) >= 11 is 0. The van der Waals surface area contributed by atoms with E-state index in [1.54, 1.807) is 18.2 Å². The predicted octanol–water partition coefficient (Wildman–Crippen LogP) is -0.117. The van der Waals surface area contributed by atoms with Gasteiger partial charge in [0, 0.05) is 18.7 Å². The lowest BCUT2D eigenvalue weighted by atomic mass is 10.1. The molecule has 0 aliphatic rings. The number of primary amides is 1. The Kier molecular flexibility index (Phi) is 4.33. The van der Waals surface area contributed by atoms with Crippen LogP contribution in [0, 0.1) is 0 Å². The Morgan fingerprint density at radius 1 is 1.41 bits per heavy atom. The van der Waals surface area contributed by atoms with E-state index >= 15 is 0 Å². The molecule has 1 aromatic carbocycles. The van der Waals surface area contributed by atoms with Crippen LogP contribution in [0.25, 0.3) is 0 Å². The SMILES string of the molecule is COc1cccc(N)c1C(=O)NCCC(N)=O. The van der Waals surface area contributed by atoms with Crippen LogP contribution in [0.1, 0.15) is 16.8 Å². The average molecular weight is 237 g/mol. The van der Waals surface area contributed by atoms with E-state index in [0.717, 1.165) is 0 Å². The summed E-state index contributed by atoms with van der Waals surface area (Å²) in [6.45, 7) is 0.172. The van der Waals surface area contributed by atoms with E-state index in [2.05, 4.69) is 5.32 Å². The average Bonchev–Trinajstić information content (AvgIpc) is 2.27. The van der Waals surface area contributed by atoms with Crippen molar-refractivity contribution in [1.82, 2.24) is 5.32 Å². The Morgan fingerprint density at radius 3 is 2.71 bits per heavy atom. The minimum atomic E-state index is -0.474. The van der Waals surface area contributed by atoms with Gasteiger partial charge in [-0.05, 0) is 12.1 Å². The largest absolute Gasteiger partial charge is 0.496 e. The van der Waals surface area contributed by atoms with Crippen molar-refractivity contribution >= 4 is 17.5 Å². The number of ether oxygens (including phenoxy) is 1. The van der Waals surface area contributed by atoms with Gasteiger partial charge in [-0.2, -0.15) is 0 Å². The summed E-state index contributed by atoms with van der Waals surface area (Å²) in [5.41, 5.74) is 11.2. The van der Waals surface area contributed by atoms with E-state index in [4.69, 9.17) is 16.2 Å². The maximum atomic E-state index is 11.8. The number of benzene rings is 1. The number of hydrogen-bond acceptors (Lipinski definition) is 4. The molecule has 5 N–H and O–H groups in total. The predicted molar refractivity (Wildman–Crippen MR) is 63.6 cm³/mol. The quantitative estimate of drug-likeness (QED) is 0.620. The molecule has 0 unspecified atom stereocenters. The zero-order valence-electron chi connectivity index (χ0n) is 9.53. The minimum Gasteiger partial charge on any atom is -0.496 e. The summed E-state index contributed by atoms with van der Waals surface area (Å²) in [6.07, 6.45) is 0.0841. The fourth-order valence-electron chi connectivity index (χ4n) is 1.35. The van der Waals surface area contributed by atoms with E-state index in [9.17, 15) is 9.59 Å². The third-order valence-electron chi connectivity index (χ3n) is 2.16. The molecule has 0 aliphatic carbocycles. The van der Waals surface area contributed by atoms with E-state index in [-0.39, 0.29) is 24.4 Å². The van der Waals surface area contributed by atoms with Gasteiger partial charge in [0.15, 0.2) is 0 Å². The van der Waals surface area contributed by atoms with Gasteiger partial charge in [0.2, 0.25) is 5.91 Å². The molecule has 6 heteroatoms. The van der Waals surface area contributed by atoms with Gasteiger partial charge in [-0.15, -0.1) is 0 Å². The lowest BCUT2D eigenvalue weighted by Crippen LogP contribution is -2.28. The van der Waals surface area contributed by atoms with Crippen LogP contribution in [-0.4, -0.2) is 25.5 Å². The van der Waals surface area contributed by atoms with Gasteiger partial charge in [0.05, 0.1) is 7.11 Å². The number of hydrogen-bond donors (Lipinski definition) is 3. The van der Waals surface area contributed by atoms with Crippen molar-refractivity contribution in [3.8, 4) is 5.75 Å². The number of anilines is 1. The summed E-state index contributed by atoms with van der Waals surface area (Å²) in [7, 11) is 1.45. The fourth-order valence-corrected chi connectivity index (χ4v) is 1.35. The first-order chi connectivity index (χ1) is 8.06. The van der Waals surface area contributed by atoms with Crippen LogP contribution in [0.15, 0.2) is 18.2 Å². The number of nitrogens with one attached hydrogen (secondary N) is 1. The summed E-state index contributed by atoms with van der Waals surface area (Å²) in [4.78, 5) is 22.3. The van der Waals surface area contributed by atoms with Gasteiger partial charge >= 0.3 is 0 Å². The molecule has 0 saturated heterocycles. The Balaban J connectivity index is 2.77. The molecule has 1 rings (SSSR count). The second-order valence-corrected chi connectivity index (χ2v) is 3.40. The van der Waals surface area contributed by atoms with Gasteiger partial charge in [-0.3, -0.25) is 9.59 Å². The number of nitrogens with two attached hydrogens (primary N) is 2. The second kappa shape index (κ2) is 5.74. The number of carbonyl (C=O) groups is 2. The second-order valence-electron chi connectivity index (χ2n) is 3.40. The maximum absolute atomic E-state index is 11.8. The monoisotopic (exact) mass is 237 g/mol. The lowest BCUT2D eigenvalue weighted by molar-refractivity contribution is -0.117. The molecular formula is C11H15N3O3. The Hall–Kier alpha value is -2.24. The van der Waals surface area contributed by atoms with Crippen molar-refractivity contribution in [2.45, 2.75) is 6.42 Å². The molecule has 92 valence electrons. The smallest absolute Gasteiger partial charge is 0.257 e. The first kappa shape index (κ1) is 12.8. The van der Waals surface area contributed by atoms with Crippen molar-refractivity contribution in [3.63, 3.8) is 0 Å². The first-order valence-corrected chi connectivity index (χ1v) is 5.05. The summed E-state index contributed by atoms with van der Waals surface area (Å²) in [6, 6.07) is 4.93. The van der Waals surface area contributed by atoms with Crippen LogP contribution in [0.5, 0.6) is 5.75 Å². The highest BCUT2D eigenvalue weighted by Crippen LogP contribution is 2.23. The number of carbonyl (C=O) groups excluding carboxylic acids is 2. The third kappa shape index (κ3) is 3.37. The molecule has 0 aromatic heterocycles. The molecule has 0 heterocycles. The summed E-state index contributed by atoms with van der Waals surface area (Å²) in [5.74, 6) is -0.471. The zero-order chi connectivity index (χ0) is 12.8. The van der Waals surface area contributed by atoms with E-state index in [1.165, 1.54) is 7.11 Å². The Labute approximate surface area is 98.9 Å². The van der Waals surface area contributed by atoms with Crippen LogP contribution >= 0.6 is 0 Å². The third-order valence-corrected chi connectivity index (χ3v) is 2.16. The maximum Gasteiger partial charge on any atom is 0.257 e. The molecule has 6 nitrogen and oxygen atoms in total. The molecule has 0 atom stereocenters. The number of methoxy groups -OCH3 is 1. The van der Waals surface area contributed by atoms with Crippen molar-refractivity contribution < 1.29 is 14.3 Å². The topological polar surface area (TPSA) is 107 Å². The van der Waals surface area contributed by atoms with Crippen LogP contribution < -0.4 is 21.5 Å². The first-order valence-electron chi connectivity index (χ1n) is 5.05. The van der Waals surface area contributed by atoms with Crippen LogP contribution in [0.2, 0.25) is 0 Å². The molecule has 0 fully saturated rings. The summed E-state index contributed by atoms with van der Waals surface area (Å²) < 4.78 is 5.04. The molecule has 1 aromatic rings. The highest BCUT2D eigenvalue weighted by atomic mass is 16.5. The molecule has 17 heavy (non-hydrogen) atoms. The zero-order valence-corrected chi connectivity index (χ0v) is 9.53. The van der Waals surface area contributed by atoms with Crippen LogP contribution in [0.4, 0.5) is 5.69 Å². The van der Waals surface area contributed by atoms with Crippen molar-refractivity contribution in [2.75, 3.05) is 19.4 Å². The molecule has 0 aliphatic heterocycles. The van der Waals surface area contributed by atoms with Crippen LogP contribution in [-0.2, 0) is 4.79 Å². The molecular weight excluding hydrogens is 222 g/mol. The van der Waals surface area contributed by atoms with E-state index in [1.807, 2.05) is 0 Å².